The summed E-state index contributed by atoms with van der Waals surface area (Å²) in [5.41, 5.74) is 9.94. The molecule has 0 bridgehead atoms. The largest absolute Gasteiger partial charge is 0.363 e. The van der Waals surface area contributed by atoms with Crippen LogP contribution in [0.25, 0.3) is 16.8 Å². The maximum Gasteiger partial charge on any atom is 0.254 e. The lowest BCUT2D eigenvalue weighted by molar-refractivity contribution is 0.0959. The highest BCUT2D eigenvalue weighted by Crippen LogP contribution is 2.39. The summed E-state index contributed by atoms with van der Waals surface area (Å²) in [6.07, 6.45) is 7.46. The first-order valence-corrected chi connectivity index (χ1v) is 10.4. The molecule has 1 amide bonds. The molecule has 7 nitrogen and oxygen atoms in total. The van der Waals surface area contributed by atoms with Crippen molar-refractivity contribution in [1.82, 2.24) is 19.9 Å². The summed E-state index contributed by atoms with van der Waals surface area (Å²) in [4.78, 5) is 17.3. The van der Waals surface area contributed by atoms with Crippen LogP contribution in [0.3, 0.4) is 0 Å². The van der Waals surface area contributed by atoms with Crippen molar-refractivity contribution in [2.24, 2.45) is 5.73 Å². The zero-order valence-corrected chi connectivity index (χ0v) is 17.1. The molecular weight excluding hydrogens is 383 g/mol. The van der Waals surface area contributed by atoms with Crippen LogP contribution < -0.4 is 16.4 Å². The number of fused-ring (bicyclic) bond motifs is 2. The molecule has 0 saturated heterocycles. The smallest absolute Gasteiger partial charge is 0.254 e. The van der Waals surface area contributed by atoms with Gasteiger partial charge in [0, 0.05) is 29.4 Å². The van der Waals surface area contributed by atoms with Crippen molar-refractivity contribution in [3.05, 3.63) is 47.0 Å². The quantitative estimate of drug-likeness (QED) is 0.618. The number of hydrogen-bond donors (Lipinski definition) is 3. The van der Waals surface area contributed by atoms with E-state index < -0.39 is 11.9 Å². The van der Waals surface area contributed by atoms with Crippen LogP contribution >= 0.6 is 0 Å². The van der Waals surface area contributed by atoms with Gasteiger partial charge in [0.05, 0.1) is 29.0 Å². The maximum atomic E-state index is 15.5. The molecule has 0 unspecified atom stereocenters. The second kappa shape index (κ2) is 7.05. The third-order valence-electron chi connectivity index (χ3n) is 6.26. The Morgan fingerprint density at radius 2 is 2.13 bits per heavy atom. The van der Waals surface area contributed by atoms with Crippen molar-refractivity contribution >= 4 is 17.2 Å². The predicted octanol–water partition coefficient (Wildman–Crippen LogP) is 3.33. The molecule has 1 aliphatic carbocycles. The topological polar surface area (TPSA) is 97.3 Å². The van der Waals surface area contributed by atoms with Gasteiger partial charge in [0.15, 0.2) is 11.6 Å². The molecule has 3 atom stereocenters. The van der Waals surface area contributed by atoms with E-state index in [0.29, 0.717) is 16.8 Å². The van der Waals surface area contributed by atoms with Crippen LogP contribution in [0.15, 0.2) is 24.5 Å². The van der Waals surface area contributed by atoms with Crippen molar-refractivity contribution in [3.63, 3.8) is 0 Å². The van der Waals surface area contributed by atoms with Crippen LogP contribution in [0.4, 0.5) is 10.2 Å². The van der Waals surface area contributed by atoms with E-state index in [1.165, 1.54) is 0 Å². The maximum absolute atomic E-state index is 15.5. The Morgan fingerprint density at radius 1 is 1.33 bits per heavy atom. The number of aryl methyl sites for hydroxylation is 1. The van der Waals surface area contributed by atoms with Gasteiger partial charge in [-0.15, -0.1) is 0 Å². The van der Waals surface area contributed by atoms with E-state index in [4.69, 9.17) is 5.73 Å². The molecule has 3 aromatic rings. The van der Waals surface area contributed by atoms with Gasteiger partial charge >= 0.3 is 0 Å². The summed E-state index contributed by atoms with van der Waals surface area (Å²) >= 11 is 0. The van der Waals surface area contributed by atoms with Crippen molar-refractivity contribution < 1.29 is 9.18 Å². The fourth-order valence-corrected chi connectivity index (χ4v) is 4.63. The van der Waals surface area contributed by atoms with Crippen LogP contribution in [-0.2, 0) is 0 Å². The van der Waals surface area contributed by atoms with E-state index >= 15 is 4.39 Å². The third-order valence-corrected chi connectivity index (χ3v) is 6.26. The van der Waals surface area contributed by atoms with Gasteiger partial charge in [-0.25, -0.2) is 13.9 Å². The summed E-state index contributed by atoms with van der Waals surface area (Å²) in [6, 6.07) is 3.42. The molecule has 0 aromatic carbocycles. The number of aromatic nitrogens is 3. The summed E-state index contributed by atoms with van der Waals surface area (Å²) in [5.74, 6) is -0.640. The molecule has 1 aliphatic heterocycles. The average Bonchev–Trinajstić information content (AvgIpc) is 3.26. The van der Waals surface area contributed by atoms with E-state index in [1.807, 2.05) is 25.3 Å². The normalized spacial score (nSPS) is 23.5. The lowest BCUT2D eigenvalue weighted by Gasteiger charge is -2.30. The van der Waals surface area contributed by atoms with Gasteiger partial charge in [0.1, 0.15) is 0 Å². The number of halogens is 1. The number of carbonyl (C=O) groups excluding carboxylic acids is 1. The summed E-state index contributed by atoms with van der Waals surface area (Å²) < 4.78 is 17.2. The van der Waals surface area contributed by atoms with E-state index in [1.54, 1.807) is 17.6 Å². The Morgan fingerprint density at radius 3 is 2.93 bits per heavy atom. The van der Waals surface area contributed by atoms with Crippen LogP contribution in [0, 0.1) is 12.7 Å². The summed E-state index contributed by atoms with van der Waals surface area (Å²) in [6.45, 7) is 3.78. The lowest BCUT2D eigenvalue weighted by Crippen LogP contribution is -2.43. The van der Waals surface area contributed by atoms with Crippen molar-refractivity contribution in [2.45, 2.75) is 57.7 Å². The Bertz CT molecular complexity index is 1160. The standard InChI is InChI=1S/C22H25FN6O/c1-11-7-8-29-16(9-11)13(10-25-29)20-18-17(12(2)26-22(18)30)19(23)21(28-20)27-15-6-4-3-5-14(15)24/h7-10,12,14-15H,3-6,24H2,1-2H3,(H,26,30)(H,27,28)/t12-,14+,15-/m1/s1. The Kier molecular flexibility index (Phi) is 4.47. The second-order valence-electron chi connectivity index (χ2n) is 8.40. The number of nitrogens with zero attached hydrogens (tertiary/aromatic N) is 3. The number of rotatable bonds is 3. The molecule has 0 spiro atoms. The van der Waals surface area contributed by atoms with E-state index in [9.17, 15) is 4.79 Å². The molecule has 8 heteroatoms. The van der Waals surface area contributed by atoms with Crippen LogP contribution in [0.2, 0.25) is 0 Å². The number of pyridine rings is 2. The minimum Gasteiger partial charge on any atom is -0.363 e. The molecule has 30 heavy (non-hydrogen) atoms. The van der Waals surface area contributed by atoms with Crippen molar-refractivity contribution in [1.29, 1.82) is 0 Å². The average molecular weight is 408 g/mol. The first-order valence-electron chi connectivity index (χ1n) is 10.4. The molecular formula is C22H25FN6O. The summed E-state index contributed by atoms with van der Waals surface area (Å²) in [7, 11) is 0. The Hall–Kier alpha value is -3.00. The van der Waals surface area contributed by atoms with Gasteiger partial charge in [0.25, 0.3) is 5.91 Å². The van der Waals surface area contributed by atoms with Gasteiger partial charge in [-0.3, -0.25) is 4.79 Å². The van der Waals surface area contributed by atoms with Crippen LogP contribution in [0.1, 0.15) is 60.1 Å². The summed E-state index contributed by atoms with van der Waals surface area (Å²) in [5, 5.41) is 10.5. The zero-order valence-electron chi connectivity index (χ0n) is 17.1. The van der Waals surface area contributed by atoms with Crippen molar-refractivity contribution in [3.8, 4) is 11.3 Å². The molecule has 5 rings (SSSR count). The zero-order chi connectivity index (χ0) is 21.0. The van der Waals surface area contributed by atoms with Gasteiger partial charge in [-0.1, -0.05) is 12.8 Å². The lowest BCUT2D eigenvalue weighted by atomic mass is 9.91. The second-order valence-corrected chi connectivity index (χ2v) is 8.40. The van der Waals surface area contributed by atoms with Gasteiger partial charge in [0.2, 0.25) is 0 Å². The monoisotopic (exact) mass is 408 g/mol. The van der Waals surface area contributed by atoms with Crippen molar-refractivity contribution in [2.75, 3.05) is 5.32 Å². The first kappa shape index (κ1) is 19.0. The van der Waals surface area contributed by atoms with Gasteiger partial charge < -0.3 is 16.4 Å². The fraction of sp³-hybridized carbons (Fsp3) is 0.409. The van der Waals surface area contributed by atoms with E-state index in [0.717, 1.165) is 36.8 Å². The van der Waals surface area contributed by atoms with E-state index in [-0.39, 0.29) is 29.4 Å². The molecule has 4 heterocycles. The predicted molar refractivity (Wildman–Crippen MR) is 113 cm³/mol. The molecule has 4 N–H and O–H groups in total. The Labute approximate surface area is 173 Å². The highest BCUT2D eigenvalue weighted by molar-refractivity contribution is 6.06. The van der Waals surface area contributed by atoms with Gasteiger partial charge in [-0.05, 0) is 44.4 Å². The molecule has 1 fully saturated rings. The molecule has 156 valence electrons. The minimum absolute atomic E-state index is 0.0434. The number of hydrogen-bond acceptors (Lipinski definition) is 5. The molecule has 2 aliphatic rings. The number of anilines is 1. The highest BCUT2D eigenvalue weighted by Gasteiger charge is 2.36. The SMILES string of the molecule is Cc1ccn2ncc(-c3nc(N[C@@H]4CCCC[C@@H]4N)c(F)c4c3C(=O)N[C@@H]4C)c2c1. The molecule has 3 aromatic heterocycles. The number of nitrogens with two attached hydrogens (primary N) is 1. The third kappa shape index (κ3) is 2.94. The number of carbonyl (C=O) groups is 1. The van der Waals surface area contributed by atoms with Crippen LogP contribution in [0.5, 0.6) is 0 Å². The van der Waals surface area contributed by atoms with Crippen LogP contribution in [-0.4, -0.2) is 32.6 Å². The Balaban J connectivity index is 1.70. The fourth-order valence-electron chi connectivity index (χ4n) is 4.63. The highest BCUT2D eigenvalue weighted by atomic mass is 19.1. The molecule has 1 saturated carbocycles. The first-order chi connectivity index (χ1) is 14.4. The minimum atomic E-state index is -0.481. The van der Waals surface area contributed by atoms with E-state index in [2.05, 4.69) is 20.7 Å². The number of amides is 1. The molecule has 0 radical (unpaired) electrons. The number of nitrogens with one attached hydrogen (secondary N) is 2. The van der Waals surface area contributed by atoms with Gasteiger partial charge in [-0.2, -0.15) is 5.10 Å².